The van der Waals surface area contributed by atoms with Gasteiger partial charge in [0.25, 0.3) is 0 Å². The lowest BCUT2D eigenvalue weighted by molar-refractivity contribution is -0.546. The number of likely N-dealkylation sites (N-methyl/N-ethyl adjacent to an activating group) is 1. The van der Waals surface area contributed by atoms with Crippen LogP contribution < -0.4 is 22.4 Å². The Labute approximate surface area is 333 Å². The fraction of sp³-hybridized carbons (Fsp3) is 0.293. The van der Waals surface area contributed by atoms with Crippen molar-refractivity contribution >= 4 is 28.3 Å². The molecule has 0 aliphatic rings. The van der Waals surface area contributed by atoms with Crippen molar-refractivity contribution in [1.29, 1.82) is 0 Å². The summed E-state index contributed by atoms with van der Waals surface area (Å²) in [5.74, 6) is 50.6. The van der Waals surface area contributed by atoms with Crippen LogP contribution in [0.15, 0.2) is 40.9 Å². The van der Waals surface area contributed by atoms with E-state index in [9.17, 15) is 19.7 Å². The van der Waals surface area contributed by atoms with Crippen molar-refractivity contribution in [3.05, 3.63) is 46.1 Å². The molecule has 13 nitrogen and oxygen atoms in total. The number of nitrogens with zero attached hydrogens (tertiary/aromatic N) is 5. The molecule has 1 aromatic heterocycles. The molecular formula is C41H61N9O4. The summed E-state index contributed by atoms with van der Waals surface area (Å²) in [5.41, 5.74) is 8.28. The average Bonchev–Trinajstić information content (AvgIpc) is 3.15. The number of aryl methyl sites for hydroxylation is 1. The van der Waals surface area contributed by atoms with Crippen molar-refractivity contribution in [2.45, 2.75) is 53.0 Å². The van der Waals surface area contributed by atoms with Crippen LogP contribution in [0.3, 0.4) is 0 Å². The number of nitrogens with two attached hydrogens (primary N) is 2. The number of hydrogen-bond acceptors (Lipinski definition) is 9. The quantitative estimate of drug-likeness (QED) is 0.0789. The molecule has 0 radical (unpaired) electrons. The molecular weight excluding hydrogens is 683 g/mol. The first kappa shape index (κ1) is 46.2. The number of rotatable bonds is 11. The molecule has 54 heavy (non-hydrogen) atoms. The van der Waals surface area contributed by atoms with E-state index >= 15 is 0 Å². The monoisotopic (exact) mass is 743 g/mol. The van der Waals surface area contributed by atoms with Gasteiger partial charge in [-0.25, -0.2) is 4.98 Å². The normalized spacial score (nSPS) is 9.39. The number of carbonyl (C=O) groups excluding carboxylic acids is 2. The Kier molecular flexibility index (Phi) is 25.7. The number of nitrogen functional groups attached to an aromatic ring is 1. The minimum atomic E-state index is -0.879. The molecule has 6 N–H and O–H groups in total. The largest absolute Gasteiger partial charge is 0.383 e. The van der Waals surface area contributed by atoms with E-state index < -0.39 is 5.03 Å². The molecule has 0 aliphatic heterocycles. The summed E-state index contributed by atoms with van der Waals surface area (Å²) in [6.07, 6.45) is 3.62. The topological polar surface area (TPSA) is 194 Å². The number of hydrogen-bond donors (Lipinski definition) is 4. The highest BCUT2D eigenvalue weighted by Gasteiger charge is 2.26. The third-order valence-corrected chi connectivity index (χ3v) is 6.39. The van der Waals surface area contributed by atoms with Gasteiger partial charge >= 0.3 is 0 Å². The van der Waals surface area contributed by atoms with Gasteiger partial charge < -0.3 is 21.2 Å². The molecule has 294 valence electrons. The SMILES string of the molecule is CC#CC#CC#CC#CC#CC#CC#CC#CC#CC.CCC(C)[C@H](C(=O)NCC(=O)CCc1ccc2c(N)nccc2c1)N(C)C.NN=NN[N+](=O)[O-].[HH].[HH].[HH].[HH].[HH].[HH].[HH].[HH].[HH].[HH].[HH]. The van der Waals surface area contributed by atoms with Crippen LogP contribution in [0.4, 0.5) is 5.82 Å². The molecule has 0 saturated carbocycles. The number of amides is 1. The second-order valence-corrected chi connectivity index (χ2v) is 10.4. The molecule has 2 aromatic rings. The second-order valence-electron chi connectivity index (χ2n) is 10.4. The fourth-order valence-corrected chi connectivity index (χ4v) is 3.92. The van der Waals surface area contributed by atoms with Crippen LogP contribution in [0, 0.1) is 123 Å². The number of ketones is 1. The van der Waals surface area contributed by atoms with Crippen molar-refractivity contribution in [3.8, 4) is 107 Å². The predicted octanol–water partition coefficient (Wildman–Crippen LogP) is 5.18. The Balaban J connectivity index is -0.0000000669. The van der Waals surface area contributed by atoms with Gasteiger partial charge in [0.05, 0.1) is 22.8 Å². The summed E-state index contributed by atoms with van der Waals surface area (Å²) in [6, 6.07) is 7.63. The van der Waals surface area contributed by atoms with E-state index in [2.05, 4.69) is 140 Å². The molecule has 0 bridgehead atoms. The third-order valence-electron chi connectivity index (χ3n) is 6.39. The van der Waals surface area contributed by atoms with Gasteiger partial charge in [0.15, 0.2) is 11.0 Å². The number of benzene rings is 1. The summed E-state index contributed by atoms with van der Waals surface area (Å²) in [4.78, 5) is 39.9. The highest BCUT2D eigenvalue weighted by atomic mass is 16.7. The minimum Gasteiger partial charge on any atom is -0.383 e. The number of Topliss-reactive ketones (excluding diaryl/α,β-unsaturated/α-hetero) is 1. The summed E-state index contributed by atoms with van der Waals surface area (Å²) in [7, 11) is 3.78. The first-order valence-electron chi connectivity index (χ1n) is 15.9. The van der Waals surface area contributed by atoms with Gasteiger partial charge in [0.1, 0.15) is 5.82 Å². The Hall–Kier alpha value is -7.83. The molecule has 0 aliphatic carbocycles. The third kappa shape index (κ3) is 22.7. The number of nitrogens with one attached hydrogen (secondary N) is 2. The van der Waals surface area contributed by atoms with Crippen molar-refractivity contribution in [2.75, 3.05) is 26.4 Å². The maximum atomic E-state index is 12.4. The molecule has 1 unspecified atom stereocenters. The summed E-state index contributed by atoms with van der Waals surface area (Å²) in [6.45, 7) is 7.59. The molecule has 1 aromatic carbocycles. The molecule has 2 rings (SSSR count). The minimum absolute atomic E-state index is 0. The van der Waals surface area contributed by atoms with Crippen molar-refractivity contribution in [1.82, 2.24) is 20.7 Å². The molecule has 2 atom stereocenters. The highest BCUT2D eigenvalue weighted by Crippen LogP contribution is 2.20. The Morgan fingerprint density at radius 1 is 0.907 bits per heavy atom. The van der Waals surface area contributed by atoms with Gasteiger partial charge in [0.2, 0.25) is 5.91 Å². The molecule has 1 heterocycles. The van der Waals surface area contributed by atoms with Crippen molar-refractivity contribution in [2.24, 2.45) is 22.2 Å². The maximum Gasteiger partial charge on any atom is 0.237 e. The van der Waals surface area contributed by atoms with Crippen LogP contribution in [0.1, 0.15) is 61.8 Å². The van der Waals surface area contributed by atoms with Gasteiger partial charge in [-0.3, -0.25) is 20.3 Å². The van der Waals surface area contributed by atoms with Crippen LogP contribution in [-0.2, 0) is 16.0 Å². The fourth-order valence-electron chi connectivity index (χ4n) is 3.92. The predicted molar refractivity (Wildman–Crippen MR) is 233 cm³/mol. The van der Waals surface area contributed by atoms with Gasteiger partial charge in [-0.15, -0.1) is 0 Å². The number of hydrazine groups is 1. The Morgan fingerprint density at radius 2 is 1.41 bits per heavy atom. The van der Waals surface area contributed by atoms with Crippen LogP contribution in [-0.4, -0.2) is 53.3 Å². The number of nitro groups is 1. The van der Waals surface area contributed by atoms with E-state index in [0.29, 0.717) is 18.7 Å². The zero-order valence-corrected chi connectivity index (χ0v) is 30.9. The van der Waals surface area contributed by atoms with E-state index in [1.54, 1.807) is 20.0 Å². The second kappa shape index (κ2) is 30.0. The summed E-state index contributed by atoms with van der Waals surface area (Å²) >= 11 is 0. The molecule has 0 fully saturated rings. The van der Waals surface area contributed by atoms with E-state index in [1.165, 1.54) is 5.53 Å². The smallest absolute Gasteiger partial charge is 0.237 e. The van der Waals surface area contributed by atoms with E-state index in [-0.39, 0.29) is 45.9 Å². The van der Waals surface area contributed by atoms with E-state index in [0.717, 1.165) is 22.8 Å². The first-order valence-corrected chi connectivity index (χ1v) is 15.9. The van der Waals surface area contributed by atoms with Gasteiger partial charge in [0, 0.05) is 39.2 Å². The Bertz CT molecular complexity index is 2190. The number of aromatic nitrogens is 1. The molecule has 1 amide bonds. The number of fused-ring (bicyclic) bond motifs is 1. The van der Waals surface area contributed by atoms with Crippen LogP contribution in [0.25, 0.3) is 10.8 Å². The highest BCUT2D eigenvalue weighted by molar-refractivity contribution is 5.91. The molecule has 0 spiro atoms. The first-order chi connectivity index (χ1) is 26.0. The van der Waals surface area contributed by atoms with E-state index in [1.807, 2.05) is 50.2 Å². The van der Waals surface area contributed by atoms with Crippen molar-refractivity contribution in [3.63, 3.8) is 0 Å². The van der Waals surface area contributed by atoms with Gasteiger partial charge in [-0.2, -0.15) is 0 Å². The van der Waals surface area contributed by atoms with Crippen LogP contribution >= 0.6 is 0 Å². The van der Waals surface area contributed by atoms with Gasteiger partial charge in [-0.05, 0) is 152 Å². The molecule has 0 saturated heterocycles. The zero-order valence-electron chi connectivity index (χ0n) is 30.9. The average molecular weight is 744 g/mol. The van der Waals surface area contributed by atoms with E-state index in [4.69, 9.17) is 5.73 Å². The van der Waals surface area contributed by atoms with Gasteiger partial charge in [-0.1, -0.05) is 50.3 Å². The van der Waals surface area contributed by atoms with Crippen LogP contribution in [0.2, 0.25) is 0 Å². The lowest BCUT2D eigenvalue weighted by atomic mass is 9.97. The van der Waals surface area contributed by atoms with Crippen LogP contribution in [0.5, 0.6) is 0 Å². The number of pyridine rings is 1. The molecule has 13 heteroatoms. The number of carbonyl (C=O) groups is 2. The Morgan fingerprint density at radius 3 is 1.81 bits per heavy atom. The summed E-state index contributed by atoms with van der Waals surface area (Å²) < 4.78 is 0. The maximum absolute atomic E-state index is 12.4. The standard InChI is InChI=1S/C21H30N4O2.C20H6.H3N5O2.11H2/c1-5-14(2)19(25(3)4)21(27)24-13-17(26)8-6-15-7-9-18-16(12-15)10-11-23-20(18)22;1-3-5-7-9-11-13-15-17-19-20-18-16-14-12-10-8-6-4-2;1-2-3-4-5(6)7;;;;;;;;;;;/h7,9-12,14,19H,5-6,8,13H2,1-4H3,(H2,22,23)(H,24,27);1-2H3;(H2,1,3)(H,2,4);11*1H/t14?,19-;;;;;;;;;;;;;/m1............./s1. The lowest BCUT2D eigenvalue weighted by Crippen LogP contribution is -2.48. The van der Waals surface area contributed by atoms with Crippen molar-refractivity contribution < 1.29 is 30.3 Å². The zero-order chi connectivity index (χ0) is 40.4. The lowest BCUT2D eigenvalue weighted by Gasteiger charge is -2.28. The number of anilines is 1. The summed E-state index contributed by atoms with van der Waals surface area (Å²) in [5, 5.41) is 18.3.